The molecule has 2 aromatic carbocycles. The van der Waals surface area contributed by atoms with E-state index in [0.717, 1.165) is 4.68 Å². The fourth-order valence-electron chi connectivity index (χ4n) is 1.94. The molecule has 0 spiro atoms. The minimum Gasteiger partial charge on any atom is -0.508 e. The lowest BCUT2D eigenvalue weighted by Crippen LogP contribution is -2.32. The van der Waals surface area contributed by atoms with E-state index < -0.39 is 11.2 Å². The Labute approximate surface area is 118 Å². The van der Waals surface area contributed by atoms with Crippen LogP contribution in [0.3, 0.4) is 0 Å². The van der Waals surface area contributed by atoms with E-state index in [1.54, 1.807) is 36.4 Å². The Balaban J connectivity index is 2.10. The first kappa shape index (κ1) is 12.9. The summed E-state index contributed by atoms with van der Waals surface area (Å²) in [6, 6.07) is 13.0. The van der Waals surface area contributed by atoms with Gasteiger partial charge in [0.05, 0.1) is 17.1 Å². The quantitative estimate of drug-likeness (QED) is 0.693. The van der Waals surface area contributed by atoms with E-state index in [0.29, 0.717) is 16.5 Å². The van der Waals surface area contributed by atoms with Gasteiger partial charge in [0, 0.05) is 0 Å². The molecule has 1 aromatic heterocycles. The van der Waals surface area contributed by atoms with Gasteiger partial charge in [-0.25, -0.2) is 4.79 Å². The van der Waals surface area contributed by atoms with E-state index in [1.165, 1.54) is 18.3 Å². The number of phenolic OH excluding ortho intramolecular Hbond substituents is 1. The van der Waals surface area contributed by atoms with Gasteiger partial charge in [-0.05, 0) is 42.0 Å². The van der Waals surface area contributed by atoms with Crippen molar-refractivity contribution in [1.82, 2.24) is 9.66 Å². The maximum absolute atomic E-state index is 12.2. The summed E-state index contributed by atoms with van der Waals surface area (Å²) >= 11 is 0. The van der Waals surface area contributed by atoms with Crippen LogP contribution in [0.2, 0.25) is 0 Å². The number of aromatic amines is 1. The molecule has 0 unspecified atom stereocenters. The second kappa shape index (κ2) is 5.09. The number of benzene rings is 2. The molecule has 0 aliphatic rings. The highest BCUT2D eigenvalue weighted by molar-refractivity contribution is 5.80. The second-order valence-corrected chi connectivity index (χ2v) is 4.43. The van der Waals surface area contributed by atoms with Crippen LogP contribution in [0, 0.1) is 0 Å². The normalized spacial score (nSPS) is 11.2. The summed E-state index contributed by atoms with van der Waals surface area (Å²) in [6.45, 7) is 0. The average Bonchev–Trinajstić information content (AvgIpc) is 2.49. The van der Waals surface area contributed by atoms with E-state index in [4.69, 9.17) is 0 Å². The average molecular weight is 281 g/mol. The topological polar surface area (TPSA) is 87.5 Å². The third kappa shape index (κ3) is 2.46. The fourth-order valence-corrected chi connectivity index (χ4v) is 1.94. The van der Waals surface area contributed by atoms with Gasteiger partial charge in [-0.2, -0.15) is 5.10 Å². The van der Waals surface area contributed by atoms with Gasteiger partial charge in [0.25, 0.3) is 5.56 Å². The summed E-state index contributed by atoms with van der Waals surface area (Å²) in [6.07, 6.45) is 1.38. The van der Waals surface area contributed by atoms with Crippen molar-refractivity contribution in [1.29, 1.82) is 0 Å². The molecule has 0 aliphatic heterocycles. The molecule has 0 radical (unpaired) electrons. The van der Waals surface area contributed by atoms with Crippen LogP contribution in [0.4, 0.5) is 0 Å². The van der Waals surface area contributed by atoms with Gasteiger partial charge < -0.3 is 10.1 Å². The van der Waals surface area contributed by atoms with E-state index in [2.05, 4.69) is 10.1 Å². The Kier molecular flexibility index (Phi) is 3.12. The summed E-state index contributed by atoms with van der Waals surface area (Å²) < 4.78 is 0.773. The van der Waals surface area contributed by atoms with Crippen LogP contribution >= 0.6 is 0 Å². The number of para-hydroxylation sites is 1. The van der Waals surface area contributed by atoms with E-state index in [9.17, 15) is 14.7 Å². The van der Waals surface area contributed by atoms with Crippen molar-refractivity contribution >= 4 is 17.1 Å². The van der Waals surface area contributed by atoms with Crippen molar-refractivity contribution < 1.29 is 5.11 Å². The summed E-state index contributed by atoms with van der Waals surface area (Å²) in [5.41, 5.74) is 0.0500. The molecule has 2 N–H and O–H groups in total. The molecule has 0 saturated heterocycles. The zero-order valence-corrected chi connectivity index (χ0v) is 10.9. The summed E-state index contributed by atoms with van der Waals surface area (Å²) in [7, 11) is 0. The standard InChI is InChI=1S/C15H11N3O3/c19-11-7-5-10(6-8-11)9-16-18-14(20)12-3-1-2-4-13(12)17-15(18)21/h1-9,19H,(H,17,21)/b16-9-. The van der Waals surface area contributed by atoms with Crippen molar-refractivity contribution in [3.8, 4) is 5.75 Å². The lowest BCUT2D eigenvalue weighted by atomic mass is 10.2. The third-order valence-electron chi connectivity index (χ3n) is 3.00. The number of rotatable bonds is 2. The molecule has 3 aromatic rings. The SMILES string of the molecule is O=c1[nH]c2ccccc2c(=O)n1/N=C\c1ccc(O)cc1. The zero-order valence-electron chi connectivity index (χ0n) is 10.9. The van der Waals surface area contributed by atoms with Gasteiger partial charge >= 0.3 is 5.69 Å². The second-order valence-electron chi connectivity index (χ2n) is 4.43. The Hall–Kier alpha value is -3.15. The molecular formula is C15H11N3O3. The van der Waals surface area contributed by atoms with Gasteiger partial charge in [-0.1, -0.05) is 12.1 Å². The Morgan fingerprint density at radius 2 is 1.76 bits per heavy atom. The van der Waals surface area contributed by atoms with Gasteiger partial charge in [-0.3, -0.25) is 4.79 Å². The van der Waals surface area contributed by atoms with E-state index in [1.807, 2.05) is 0 Å². The first-order valence-electron chi connectivity index (χ1n) is 6.22. The Morgan fingerprint density at radius 3 is 2.52 bits per heavy atom. The van der Waals surface area contributed by atoms with E-state index >= 15 is 0 Å². The number of nitrogens with one attached hydrogen (secondary N) is 1. The maximum atomic E-state index is 12.2. The molecule has 6 nitrogen and oxygen atoms in total. The highest BCUT2D eigenvalue weighted by Crippen LogP contribution is 2.08. The molecule has 0 amide bonds. The van der Waals surface area contributed by atoms with Gasteiger partial charge in [-0.15, -0.1) is 4.68 Å². The monoisotopic (exact) mass is 281 g/mol. The minimum atomic E-state index is -0.603. The van der Waals surface area contributed by atoms with Crippen molar-refractivity contribution in [2.75, 3.05) is 0 Å². The van der Waals surface area contributed by atoms with Crippen LogP contribution in [0.15, 0.2) is 63.2 Å². The number of phenols is 1. The van der Waals surface area contributed by atoms with Crippen molar-refractivity contribution in [2.45, 2.75) is 0 Å². The summed E-state index contributed by atoms with van der Waals surface area (Å²) in [5, 5.41) is 13.5. The summed E-state index contributed by atoms with van der Waals surface area (Å²) in [5.74, 6) is 0.132. The molecule has 6 heteroatoms. The number of hydrogen-bond donors (Lipinski definition) is 2. The van der Waals surface area contributed by atoms with Crippen LogP contribution in [0.1, 0.15) is 5.56 Å². The first-order chi connectivity index (χ1) is 10.1. The first-order valence-corrected chi connectivity index (χ1v) is 6.22. The number of fused-ring (bicyclic) bond motifs is 1. The molecule has 0 fully saturated rings. The highest BCUT2D eigenvalue weighted by atomic mass is 16.3. The summed E-state index contributed by atoms with van der Waals surface area (Å²) in [4.78, 5) is 26.7. The Bertz CT molecular complexity index is 937. The van der Waals surface area contributed by atoms with Crippen molar-refractivity contribution in [3.63, 3.8) is 0 Å². The van der Waals surface area contributed by atoms with Crippen LogP contribution in [-0.2, 0) is 0 Å². The zero-order chi connectivity index (χ0) is 14.8. The number of aromatic nitrogens is 2. The van der Waals surface area contributed by atoms with Crippen LogP contribution in [0.25, 0.3) is 10.9 Å². The molecule has 104 valence electrons. The molecule has 0 saturated carbocycles. The molecule has 0 bridgehead atoms. The number of nitrogens with zero attached hydrogens (tertiary/aromatic N) is 2. The smallest absolute Gasteiger partial charge is 0.349 e. The van der Waals surface area contributed by atoms with Gasteiger partial charge in [0.2, 0.25) is 0 Å². The molecular weight excluding hydrogens is 270 g/mol. The lowest BCUT2D eigenvalue weighted by molar-refractivity contribution is 0.475. The van der Waals surface area contributed by atoms with Gasteiger partial charge in [0.1, 0.15) is 5.75 Å². The van der Waals surface area contributed by atoms with Crippen molar-refractivity contribution in [2.24, 2.45) is 5.10 Å². The maximum Gasteiger partial charge on any atom is 0.349 e. The van der Waals surface area contributed by atoms with Crippen LogP contribution < -0.4 is 11.2 Å². The van der Waals surface area contributed by atoms with Crippen LogP contribution in [-0.4, -0.2) is 21.0 Å². The lowest BCUT2D eigenvalue weighted by Gasteiger charge is -2.00. The third-order valence-corrected chi connectivity index (χ3v) is 3.00. The van der Waals surface area contributed by atoms with E-state index in [-0.39, 0.29) is 5.75 Å². The molecule has 21 heavy (non-hydrogen) atoms. The van der Waals surface area contributed by atoms with Crippen LogP contribution in [0.5, 0.6) is 5.75 Å². The minimum absolute atomic E-state index is 0.132. The largest absolute Gasteiger partial charge is 0.508 e. The molecule has 0 aliphatic carbocycles. The van der Waals surface area contributed by atoms with Crippen molar-refractivity contribution in [3.05, 3.63) is 74.9 Å². The molecule has 3 rings (SSSR count). The number of H-pyrrole nitrogens is 1. The highest BCUT2D eigenvalue weighted by Gasteiger charge is 2.05. The van der Waals surface area contributed by atoms with Gasteiger partial charge in [0.15, 0.2) is 0 Å². The predicted molar refractivity (Wildman–Crippen MR) is 79.9 cm³/mol. The number of hydrogen-bond acceptors (Lipinski definition) is 4. The number of aromatic hydroxyl groups is 1. The predicted octanol–water partition coefficient (Wildman–Crippen LogP) is 1.28. The molecule has 1 heterocycles. The Morgan fingerprint density at radius 1 is 1.05 bits per heavy atom. The fraction of sp³-hybridized carbons (Fsp3) is 0. The molecule has 0 atom stereocenters.